The van der Waals surface area contributed by atoms with Gasteiger partial charge in [0.2, 0.25) is 0 Å². The molecule has 1 aromatic rings. The number of hydrogen-bond acceptors (Lipinski definition) is 2. The van der Waals surface area contributed by atoms with E-state index >= 15 is 0 Å². The minimum atomic E-state index is -4.90. The molecule has 0 N–H and O–H groups in total. The van der Waals surface area contributed by atoms with E-state index in [2.05, 4.69) is 15.9 Å². The Labute approximate surface area is 122 Å². The fourth-order valence-corrected chi connectivity index (χ4v) is 2.40. The Balaban J connectivity index is 3.32. The van der Waals surface area contributed by atoms with Crippen molar-refractivity contribution in [1.82, 2.24) is 0 Å². The number of rotatable bonds is 3. The molecule has 0 fully saturated rings. The summed E-state index contributed by atoms with van der Waals surface area (Å²) in [6, 6.07) is 2.24. The zero-order valence-electron chi connectivity index (χ0n) is 9.77. The van der Waals surface area contributed by atoms with Crippen LogP contribution in [-0.2, 0) is 11.0 Å². The molecule has 0 spiro atoms. The van der Waals surface area contributed by atoms with Gasteiger partial charge in [0, 0.05) is 4.90 Å². The lowest BCUT2D eigenvalue weighted by atomic mass is 10.1. The van der Waals surface area contributed by atoms with Crippen LogP contribution in [-0.4, -0.2) is 11.3 Å². The molecule has 0 bridgehead atoms. The van der Waals surface area contributed by atoms with E-state index in [1.54, 1.807) is 0 Å². The molecule has 0 heterocycles. The lowest BCUT2D eigenvalue weighted by Crippen LogP contribution is -2.11. The third-order valence-corrected chi connectivity index (χ3v) is 4.15. The molecule has 0 aliphatic rings. The quantitative estimate of drug-likeness (QED) is 0.399. The van der Waals surface area contributed by atoms with Crippen molar-refractivity contribution in [2.45, 2.75) is 28.3 Å². The predicted molar refractivity (Wildman–Crippen MR) is 65.7 cm³/mol. The summed E-state index contributed by atoms with van der Waals surface area (Å²) < 4.78 is 74.9. The summed E-state index contributed by atoms with van der Waals surface area (Å²) in [4.78, 5) is 9.20. The summed E-state index contributed by atoms with van der Waals surface area (Å²) in [5.74, 6) is -0.423. The Morgan fingerprint density at radius 1 is 1.20 bits per heavy atom. The number of Topliss-reactive ketones (excluding diaryl/α,β-unsaturated/α-hetero) is 1. The van der Waals surface area contributed by atoms with Crippen LogP contribution in [0.4, 0.5) is 26.3 Å². The van der Waals surface area contributed by atoms with Crippen LogP contribution >= 0.6 is 27.7 Å². The molecule has 1 rings (SSSR count). The highest BCUT2D eigenvalue weighted by atomic mass is 79.9. The predicted octanol–water partition coefficient (Wildman–Crippen LogP) is 5.34. The molecule has 0 radical (unpaired) electrons. The fourth-order valence-electron chi connectivity index (χ4n) is 1.37. The fraction of sp³-hybridized carbons (Fsp3) is 0.364. The summed E-state index contributed by atoms with van der Waals surface area (Å²) in [5.41, 5.74) is -6.19. The van der Waals surface area contributed by atoms with E-state index in [0.29, 0.717) is 6.07 Å². The lowest BCUT2D eigenvalue weighted by molar-refractivity contribution is -0.139. The maximum Gasteiger partial charge on any atom is 0.446 e. The Bertz CT molecular complexity index is 511. The molecule has 9 heteroatoms. The van der Waals surface area contributed by atoms with Gasteiger partial charge in [0.05, 0.1) is 10.4 Å². The second-order valence-corrected chi connectivity index (χ2v) is 5.80. The van der Waals surface area contributed by atoms with E-state index in [9.17, 15) is 31.1 Å². The van der Waals surface area contributed by atoms with Gasteiger partial charge in [-0.3, -0.25) is 4.79 Å². The topological polar surface area (TPSA) is 17.1 Å². The van der Waals surface area contributed by atoms with Crippen molar-refractivity contribution in [3.8, 4) is 0 Å². The van der Waals surface area contributed by atoms with Crippen LogP contribution < -0.4 is 0 Å². The second kappa shape index (κ2) is 5.97. The first kappa shape index (κ1) is 17.4. The molecule has 20 heavy (non-hydrogen) atoms. The van der Waals surface area contributed by atoms with Gasteiger partial charge in [0.25, 0.3) is 0 Å². The molecule has 0 aromatic heterocycles. The van der Waals surface area contributed by atoms with Gasteiger partial charge < -0.3 is 0 Å². The van der Waals surface area contributed by atoms with Gasteiger partial charge in [-0.1, -0.05) is 22.0 Å². The molecular weight excluding hydrogens is 374 g/mol. The van der Waals surface area contributed by atoms with E-state index in [-0.39, 0.29) is 5.56 Å². The maximum absolute atomic E-state index is 12.7. The average molecular weight is 381 g/mol. The van der Waals surface area contributed by atoms with Gasteiger partial charge in [0.1, 0.15) is 5.78 Å². The van der Waals surface area contributed by atoms with Crippen molar-refractivity contribution in [2.24, 2.45) is 0 Å². The zero-order valence-corrected chi connectivity index (χ0v) is 12.2. The Morgan fingerprint density at radius 2 is 1.75 bits per heavy atom. The summed E-state index contributed by atoms with van der Waals surface area (Å²) in [5, 5.41) is 0. The van der Waals surface area contributed by atoms with Crippen molar-refractivity contribution in [3.05, 3.63) is 29.3 Å². The molecule has 0 amide bonds. The normalized spacial score (nSPS) is 14.2. The van der Waals surface area contributed by atoms with Crippen molar-refractivity contribution < 1.29 is 31.1 Å². The van der Waals surface area contributed by atoms with Gasteiger partial charge in [0.15, 0.2) is 0 Å². The van der Waals surface area contributed by atoms with Crippen LogP contribution in [0.1, 0.15) is 22.9 Å². The summed E-state index contributed by atoms with van der Waals surface area (Å²) in [6.07, 6.45) is -4.90. The van der Waals surface area contributed by atoms with Crippen molar-refractivity contribution in [2.75, 3.05) is 0 Å². The largest absolute Gasteiger partial charge is 0.446 e. The Hall–Kier alpha value is -0.700. The zero-order chi connectivity index (χ0) is 15.7. The highest BCUT2D eigenvalue weighted by Crippen LogP contribution is 2.44. The first-order valence-electron chi connectivity index (χ1n) is 5.03. The van der Waals surface area contributed by atoms with Crippen LogP contribution in [0.5, 0.6) is 0 Å². The second-order valence-electron chi connectivity index (χ2n) is 3.77. The number of hydrogen-bond donors (Lipinski definition) is 0. The van der Waals surface area contributed by atoms with Crippen molar-refractivity contribution in [3.63, 3.8) is 0 Å². The van der Waals surface area contributed by atoms with Gasteiger partial charge in [-0.2, -0.15) is 26.3 Å². The first-order valence-corrected chi connectivity index (χ1v) is 6.76. The van der Waals surface area contributed by atoms with Gasteiger partial charge in [-0.05, 0) is 36.4 Å². The molecule has 0 aliphatic carbocycles. The average Bonchev–Trinajstić information content (AvgIpc) is 2.23. The number of thioether (sulfide) groups is 1. The van der Waals surface area contributed by atoms with Gasteiger partial charge in [-0.15, -0.1) is 0 Å². The molecule has 1 aromatic carbocycles. The Morgan fingerprint density at radius 3 is 2.15 bits per heavy atom. The number of halogens is 7. The van der Waals surface area contributed by atoms with E-state index in [1.807, 2.05) is 0 Å². The SMILES string of the molecule is CC(=O)C(Br)c1ccc(C(F)(F)F)c(SC(F)(F)F)c1. The van der Waals surface area contributed by atoms with Crippen LogP contribution in [0.3, 0.4) is 0 Å². The summed E-state index contributed by atoms with van der Waals surface area (Å²) in [6.45, 7) is 1.17. The number of carbonyl (C=O) groups is 1. The smallest absolute Gasteiger partial charge is 0.298 e. The minimum Gasteiger partial charge on any atom is -0.298 e. The van der Waals surface area contributed by atoms with Crippen LogP contribution in [0.25, 0.3) is 0 Å². The maximum atomic E-state index is 12.7. The molecule has 0 saturated heterocycles. The highest BCUT2D eigenvalue weighted by Gasteiger charge is 2.38. The number of carbonyl (C=O) groups excluding carboxylic acids is 1. The van der Waals surface area contributed by atoms with Crippen LogP contribution in [0, 0.1) is 0 Å². The number of ketones is 1. The number of alkyl halides is 7. The molecule has 1 nitrogen and oxygen atoms in total. The molecule has 112 valence electrons. The van der Waals surface area contributed by atoms with Crippen molar-refractivity contribution >= 4 is 33.5 Å². The monoisotopic (exact) mass is 380 g/mol. The molecule has 0 aliphatic heterocycles. The molecule has 1 atom stereocenters. The van der Waals surface area contributed by atoms with Crippen LogP contribution in [0.2, 0.25) is 0 Å². The van der Waals surface area contributed by atoms with E-state index in [4.69, 9.17) is 0 Å². The number of benzene rings is 1. The van der Waals surface area contributed by atoms with Gasteiger partial charge in [-0.25, -0.2) is 0 Å². The van der Waals surface area contributed by atoms with Crippen LogP contribution in [0.15, 0.2) is 23.1 Å². The van der Waals surface area contributed by atoms with E-state index in [1.165, 1.54) is 6.92 Å². The molecular formula is C11H7BrF6OS. The summed E-state index contributed by atoms with van der Waals surface area (Å²) in [7, 11) is 0. The lowest BCUT2D eigenvalue weighted by Gasteiger charge is -2.16. The summed E-state index contributed by atoms with van der Waals surface area (Å²) >= 11 is 2.06. The third-order valence-electron chi connectivity index (χ3n) is 2.19. The van der Waals surface area contributed by atoms with Gasteiger partial charge >= 0.3 is 11.7 Å². The van der Waals surface area contributed by atoms with E-state index < -0.39 is 44.5 Å². The third kappa shape index (κ3) is 4.69. The van der Waals surface area contributed by atoms with E-state index in [0.717, 1.165) is 12.1 Å². The van der Waals surface area contributed by atoms with Crippen molar-refractivity contribution in [1.29, 1.82) is 0 Å². The molecule has 0 saturated carbocycles. The molecule has 1 unspecified atom stereocenters. The Kier molecular flexibility index (Phi) is 5.18. The first-order chi connectivity index (χ1) is 8.92. The minimum absolute atomic E-state index is 0.0391. The standard InChI is InChI=1S/C11H7BrF6OS/c1-5(19)9(12)6-2-3-7(10(13,14)15)8(4-6)20-11(16,17)18/h2-4,9H,1H3. The highest BCUT2D eigenvalue weighted by molar-refractivity contribution is 9.09.